The zero-order valence-electron chi connectivity index (χ0n) is 22.1. The molecule has 2 aliphatic heterocycles. The molecule has 5 unspecified atom stereocenters. The van der Waals surface area contributed by atoms with Crippen LogP contribution in [-0.4, -0.2) is 62.0 Å². The van der Waals surface area contributed by atoms with Gasteiger partial charge >= 0.3 is 0 Å². The van der Waals surface area contributed by atoms with Crippen LogP contribution in [0.5, 0.6) is 0 Å². The predicted molar refractivity (Wildman–Crippen MR) is 145 cm³/mol. The smallest absolute Gasteiger partial charge is 0.194 e. The number of allylic oxidation sites excluding steroid dienone is 1. The highest BCUT2D eigenvalue weighted by atomic mass is 32.1. The number of rotatable bonds is 6. The molecule has 0 bridgehead atoms. The van der Waals surface area contributed by atoms with Gasteiger partial charge in [0.1, 0.15) is 36.3 Å². The van der Waals surface area contributed by atoms with Crippen molar-refractivity contribution < 1.29 is 27.9 Å². The Morgan fingerprint density at radius 1 is 1.24 bits per heavy atom. The molecule has 0 amide bonds. The molecule has 0 radical (unpaired) electrons. The van der Waals surface area contributed by atoms with Gasteiger partial charge in [0.15, 0.2) is 23.3 Å². The van der Waals surface area contributed by atoms with Crippen molar-refractivity contribution in [1.29, 1.82) is 10.7 Å². The minimum Gasteiger partial charge on any atom is -0.388 e. The van der Waals surface area contributed by atoms with Crippen molar-refractivity contribution in [2.75, 3.05) is 6.54 Å². The number of hydroxylamine groups is 1. The molecule has 15 heteroatoms. The van der Waals surface area contributed by atoms with Gasteiger partial charge in [-0.3, -0.25) is 4.84 Å². The van der Waals surface area contributed by atoms with Crippen LogP contribution in [0.1, 0.15) is 33.9 Å². The largest absolute Gasteiger partial charge is 0.388 e. The molecule has 2 fully saturated rings. The van der Waals surface area contributed by atoms with Gasteiger partial charge in [0, 0.05) is 18.0 Å². The van der Waals surface area contributed by atoms with E-state index in [0.717, 1.165) is 28.1 Å². The van der Waals surface area contributed by atoms with Gasteiger partial charge < -0.3 is 20.6 Å². The highest BCUT2D eigenvalue weighted by Gasteiger charge is 2.50. The maximum atomic E-state index is 13.9. The summed E-state index contributed by atoms with van der Waals surface area (Å²) < 4.78 is 49.8. The molecule has 4 N–H and O–H groups in total. The molecule has 0 spiro atoms. The molecule has 4 aromatic rings. The van der Waals surface area contributed by atoms with Gasteiger partial charge in [0.25, 0.3) is 0 Å². The van der Waals surface area contributed by atoms with Crippen LogP contribution in [0.25, 0.3) is 21.5 Å². The number of nitriles is 1. The fourth-order valence-corrected chi connectivity index (χ4v) is 6.05. The van der Waals surface area contributed by atoms with Crippen molar-refractivity contribution in [2.45, 2.75) is 44.3 Å². The van der Waals surface area contributed by atoms with E-state index in [1.165, 1.54) is 22.2 Å². The van der Waals surface area contributed by atoms with E-state index in [4.69, 9.17) is 15.0 Å². The average molecular weight is 597 g/mol. The first-order valence-electron chi connectivity index (χ1n) is 12.8. The lowest BCUT2D eigenvalue weighted by atomic mass is 9.92. The lowest BCUT2D eigenvalue weighted by Gasteiger charge is -2.40. The lowest BCUT2D eigenvalue weighted by molar-refractivity contribution is -0.174. The summed E-state index contributed by atoms with van der Waals surface area (Å²) in [5.41, 5.74) is 4.20. The van der Waals surface area contributed by atoms with Gasteiger partial charge in [0.05, 0.1) is 39.1 Å². The molecule has 2 saturated heterocycles. The number of nitrogens with zero attached hydrogens (tertiary/aromatic N) is 5. The van der Waals surface area contributed by atoms with Crippen LogP contribution in [0, 0.1) is 48.0 Å². The molecule has 0 saturated carbocycles. The Labute approximate surface area is 240 Å². The van der Waals surface area contributed by atoms with E-state index < -0.39 is 47.9 Å². The lowest BCUT2D eigenvalue weighted by Crippen LogP contribution is -2.58. The summed E-state index contributed by atoms with van der Waals surface area (Å²) in [4.78, 5) is 14.6. The fourth-order valence-electron chi connectivity index (χ4n) is 5.16. The van der Waals surface area contributed by atoms with Crippen molar-refractivity contribution in [3.8, 4) is 11.8 Å². The molecule has 2 aliphatic rings. The monoisotopic (exact) mass is 596 g/mol. The number of aryl methyl sites for hydroxylation is 2. The molecule has 2 aromatic heterocycles. The number of fused-ring (bicyclic) bond motifs is 2. The summed E-state index contributed by atoms with van der Waals surface area (Å²) in [6.45, 7) is 3.83. The summed E-state index contributed by atoms with van der Waals surface area (Å²) in [5.74, 6) is -3.72. The third-order valence-corrected chi connectivity index (χ3v) is 7.99. The average Bonchev–Trinajstić information content (AvgIpc) is 3.69. The van der Waals surface area contributed by atoms with Crippen molar-refractivity contribution in [2.24, 2.45) is 0 Å². The van der Waals surface area contributed by atoms with Gasteiger partial charge in [-0.25, -0.2) is 27.8 Å². The molecular formula is C27H23F3N8O3S. The normalized spacial score (nSPS) is 24.0. The van der Waals surface area contributed by atoms with Crippen LogP contribution in [0.2, 0.25) is 0 Å². The number of hydrogen-bond acceptors (Lipinski definition) is 11. The molecule has 4 heterocycles. The number of ether oxygens (including phenoxy) is 1. The Hall–Kier alpha value is -4.20. The van der Waals surface area contributed by atoms with E-state index in [1.807, 2.05) is 13.0 Å². The second-order valence-electron chi connectivity index (χ2n) is 9.82. The second-order valence-corrected chi connectivity index (χ2v) is 11.1. The highest BCUT2D eigenvalue weighted by Crippen LogP contribution is 2.36. The van der Waals surface area contributed by atoms with Crippen LogP contribution in [-0.2, 0) is 9.57 Å². The van der Waals surface area contributed by atoms with Crippen molar-refractivity contribution >= 4 is 33.3 Å². The fraction of sp³-hybridized carbons (Fsp3) is 0.296. The van der Waals surface area contributed by atoms with Gasteiger partial charge in [-0.2, -0.15) is 15.8 Å². The first-order chi connectivity index (χ1) is 20.2. The SMILES string of the molecule is Cc1nc(C2OC3CNOC3C(N/C=C(\C=N)c3cc(F)c(F)c(F)c3)C2O)n(-c2cc(C#N)c3nc(C)sc3c2)n1. The van der Waals surface area contributed by atoms with E-state index >= 15 is 0 Å². The third-order valence-electron chi connectivity index (χ3n) is 7.07. The minimum absolute atomic E-state index is 0.0294. The van der Waals surface area contributed by atoms with E-state index in [-0.39, 0.29) is 17.0 Å². The summed E-state index contributed by atoms with van der Waals surface area (Å²) in [7, 11) is 0. The van der Waals surface area contributed by atoms with E-state index in [1.54, 1.807) is 13.0 Å². The first kappa shape index (κ1) is 27.9. The number of nitrogens with one attached hydrogen (secondary N) is 3. The first-order valence-corrected chi connectivity index (χ1v) is 13.6. The molecule has 216 valence electrons. The topological polar surface area (TPSA) is 154 Å². The zero-order valence-corrected chi connectivity index (χ0v) is 22.9. The van der Waals surface area contributed by atoms with Crippen LogP contribution in [0.15, 0.2) is 30.5 Å². The molecule has 11 nitrogen and oxygen atoms in total. The molecule has 42 heavy (non-hydrogen) atoms. The standard InChI is InChI=1S/C27H23F3N8O3S/c1-11-35-27(38(37-11)16-3-14(7-31)22-20(6-16)42-12(2)36-22)26-24(39)23(25-19(40-26)10-34-41-25)33-9-15(8-32)13-4-17(28)21(30)18(29)5-13/h3-6,8-9,19,23-26,32-34,39H,10H2,1-2H3/b15-9+,32-8?. The maximum Gasteiger partial charge on any atom is 0.194 e. The van der Waals surface area contributed by atoms with E-state index in [0.29, 0.717) is 29.1 Å². The van der Waals surface area contributed by atoms with Crippen LogP contribution < -0.4 is 10.8 Å². The van der Waals surface area contributed by atoms with Crippen molar-refractivity contribution in [3.05, 3.63) is 75.7 Å². The maximum absolute atomic E-state index is 13.9. The van der Waals surface area contributed by atoms with Crippen LogP contribution in [0.4, 0.5) is 13.2 Å². The van der Waals surface area contributed by atoms with E-state index in [9.17, 15) is 23.5 Å². The number of halogens is 3. The summed E-state index contributed by atoms with van der Waals surface area (Å²) >= 11 is 1.43. The Morgan fingerprint density at radius 3 is 2.71 bits per heavy atom. The number of thiazole rings is 1. The van der Waals surface area contributed by atoms with Crippen LogP contribution >= 0.6 is 11.3 Å². The number of aromatic nitrogens is 4. The number of hydrogen-bond donors (Lipinski definition) is 4. The number of benzene rings is 2. The molecule has 2 aromatic carbocycles. The van der Waals surface area contributed by atoms with Crippen molar-refractivity contribution in [3.63, 3.8) is 0 Å². The van der Waals surface area contributed by atoms with Gasteiger partial charge in [0.2, 0.25) is 0 Å². The number of aliphatic hydroxyl groups is 1. The Bertz CT molecular complexity index is 1760. The van der Waals surface area contributed by atoms with E-state index in [2.05, 4.69) is 31.9 Å². The van der Waals surface area contributed by atoms with Crippen molar-refractivity contribution in [1.82, 2.24) is 30.5 Å². The Balaban J connectivity index is 1.37. The summed E-state index contributed by atoms with van der Waals surface area (Å²) in [6.07, 6.45) is -1.40. The molecule has 5 atom stereocenters. The highest BCUT2D eigenvalue weighted by molar-refractivity contribution is 7.18. The quantitative estimate of drug-likeness (QED) is 0.194. The summed E-state index contributed by atoms with van der Waals surface area (Å²) in [5, 5.41) is 37.4. The van der Waals surface area contributed by atoms with Crippen LogP contribution in [0.3, 0.4) is 0 Å². The predicted octanol–water partition coefficient (Wildman–Crippen LogP) is 3.14. The van der Waals surface area contributed by atoms with Gasteiger partial charge in [-0.15, -0.1) is 11.3 Å². The third kappa shape index (κ3) is 4.82. The Kier molecular flexibility index (Phi) is 7.25. The molecule has 6 rings (SSSR count). The summed E-state index contributed by atoms with van der Waals surface area (Å²) in [6, 6.07) is 6.37. The Morgan fingerprint density at radius 2 is 2.00 bits per heavy atom. The molecular weight excluding hydrogens is 573 g/mol. The van der Waals surface area contributed by atoms with Gasteiger partial charge in [-0.05, 0) is 43.7 Å². The number of aliphatic hydroxyl groups excluding tert-OH is 1. The van der Waals surface area contributed by atoms with Gasteiger partial charge in [-0.1, -0.05) is 0 Å². The molecule has 0 aliphatic carbocycles. The zero-order chi connectivity index (χ0) is 29.7. The minimum atomic E-state index is -1.61. The second kappa shape index (κ2) is 10.9.